The zero-order valence-electron chi connectivity index (χ0n) is 18.0. The predicted molar refractivity (Wildman–Crippen MR) is 124 cm³/mol. The van der Waals surface area contributed by atoms with Gasteiger partial charge in [0.1, 0.15) is 10.5 Å². The third-order valence-corrected chi connectivity index (χ3v) is 6.27. The van der Waals surface area contributed by atoms with E-state index in [0.29, 0.717) is 48.2 Å². The fourth-order valence-electron chi connectivity index (χ4n) is 3.75. The van der Waals surface area contributed by atoms with Crippen LogP contribution in [0.4, 0.5) is 0 Å². The monoisotopic (exact) mass is 437 g/mol. The highest BCUT2D eigenvalue weighted by atomic mass is 32.1. The second-order valence-electron chi connectivity index (χ2n) is 8.31. The Balaban J connectivity index is 1.51. The summed E-state index contributed by atoms with van der Waals surface area (Å²) in [7, 11) is 0. The first-order valence-electron chi connectivity index (χ1n) is 10.6. The van der Waals surface area contributed by atoms with Crippen LogP contribution in [0.3, 0.4) is 0 Å². The lowest BCUT2D eigenvalue weighted by Crippen LogP contribution is -2.28. The Kier molecular flexibility index (Phi) is 6.18. The van der Waals surface area contributed by atoms with Crippen molar-refractivity contribution >= 4 is 33.2 Å². The SMILES string of the molecule is CC(C)Cn1c(=O)c2sccc2n2c(CCC(=O)NC[C@H](C)c3ccccc3)nnc12. The van der Waals surface area contributed by atoms with E-state index in [1.807, 2.05) is 34.0 Å². The maximum Gasteiger partial charge on any atom is 0.272 e. The van der Waals surface area contributed by atoms with Gasteiger partial charge in [-0.1, -0.05) is 51.1 Å². The molecule has 0 unspecified atom stereocenters. The van der Waals surface area contributed by atoms with Gasteiger partial charge >= 0.3 is 0 Å². The molecule has 162 valence electrons. The van der Waals surface area contributed by atoms with Gasteiger partial charge in [-0.25, -0.2) is 0 Å². The summed E-state index contributed by atoms with van der Waals surface area (Å²) in [5.74, 6) is 1.77. The molecule has 0 radical (unpaired) electrons. The number of carbonyl (C=O) groups excluding carboxylic acids is 1. The van der Waals surface area contributed by atoms with Crippen LogP contribution in [0.2, 0.25) is 0 Å². The van der Waals surface area contributed by atoms with E-state index >= 15 is 0 Å². The van der Waals surface area contributed by atoms with Gasteiger partial charge in [-0.2, -0.15) is 0 Å². The number of thiophene rings is 1. The number of aromatic nitrogens is 4. The van der Waals surface area contributed by atoms with Crippen LogP contribution in [-0.2, 0) is 17.8 Å². The molecule has 0 fully saturated rings. The molecule has 1 amide bonds. The van der Waals surface area contributed by atoms with Crippen molar-refractivity contribution in [2.45, 2.75) is 46.1 Å². The number of rotatable bonds is 8. The van der Waals surface area contributed by atoms with E-state index in [9.17, 15) is 9.59 Å². The van der Waals surface area contributed by atoms with Gasteiger partial charge in [0.05, 0.1) is 5.52 Å². The molecular weight excluding hydrogens is 410 g/mol. The summed E-state index contributed by atoms with van der Waals surface area (Å²) in [6.07, 6.45) is 0.773. The highest BCUT2D eigenvalue weighted by molar-refractivity contribution is 7.17. The topological polar surface area (TPSA) is 81.3 Å². The van der Waals surface area contributed by atoms with Crippen LogP contribution in [0.15, 0.2) is 46.6 Å². The molecule has 7 nitrogen and oxygen atoms in total. The van der Waals surface area contributed by atoms with Gasteiger partial charge in [0, 0.05) is 25.9 Å². The van der Waals surface area contributed by atoms with Gasteiger partial charge in [-0.15, -0.1) is 21.5 Å². The van der Waals surface area contributed by atoms with Crippen molar-refractivity contribution in [2.75, 3.05) is 6.54 Å². The number of benzene rings is 1. The minimum Gasteiger partial charge on any atom is -0.355 e. The Hall–Kier alpha value is -3.00. The summed E-state index contributed by atoms with van der Waals surface area (Å²) < 4.78 is 4.31. The highest BCUT2D eigenvalue weighted by Crippen LogP contribution is 2.21. The van der Waals surface area contributed by atoms with Crippen molar-refractivity contribution in [3.63, 3.8) is 0 Å². The number of aryl methyl sites for hydroxylation is 1. The second-order valence-corrected chi connectivity index (χ2v) is 9.23. The molecule has 0 spiro atoms. The van der Waals surface area contributed by atoms with Crippen LogP contribution < -0.4 is 10.9 Å². The largest absolute Gasteiger partial charge is 0.355 e. The minimum absolute atomic E-state index is 0.0170. The standard InChI is InChI=1S/C23H27N5O2S/c1-15(2)14-27-22(30)21-18(11-12-31-21)28-19(25-26-23(27)28)9-10-20(29)24-13-16(3)17-7-5-4-6-8-17/h4-8,11-12,15-16H,9-10,13-14H2,1-3H3,(H,24,29)/t16-/m0/s1. The highest BCUT2D eigenvalue weighted by Gasteiger charge is 2.18. The van der Waals surface area contributed by atoms with Gasteiger partial charge in [-0.05, 0) is 28.8 Å². The fourth-order valence-corrected chi connectivity index (χ4v) is 4.58. The molecule has 0 aliphatic rings. The van der Waals surface area contributed by atoms with Crippen LogP contribution in [0, 0.1) is 5.92 Å². The molecular formula is C23H27N5O2S. The summed E-state index contributed by atoms with van der Waals surface area (Å²) in [4.78, 5) is 25.4. The smallest absolute Gasteiger partial charge is 0.272 e. The Morgan fingerprint density at radius 1 is 1.13 bits per heavy atom. The zero-order chi connectivity index (χ0) is 22.0. The number of amides is 1. The van der Waals surface area contributed by atoms with Crippen LogP contribution in [0.25, 0.3) is 16.0 Å². The van der Waals surface area contributed by atoms with Crippen LogP contribution in [0.1, 0.15) is 44.5 Å². The second kappa shape index (κ2) is 9.01. The van der Waals surface area contributed by atoms with E-state index in [1.54, 1.807) is 4.57 Å². The Labute approximate surface area is 184 Å². The molecule has 0 saturated heterocycles. The summed E-state index contributed by atoms with van der Waals surface area (Å²) in [5.41, 5.74) is 1.98. The summed E-state index contributed by atoms with van der Waals surface area (Å²) in [5, 5.41) is 13.6. The van der Waals surface area contributed by atoms with E-state index in [-0.39, 0.29) is 17.4 Å². The lowest BCUT2D eigenvalue weighted by Gasteiger charge is -2.13. The number of hydrogen-bond acceptors (Lipinski definition) is 5. The lowest BCUT2D eigenvalue weighted by atomic mass is 10.0. The number of nitrogens with one attached hydrogen (secondary N) is 1. The zero-order valence-corrected chi connectivity index (χ0v) is 18.9. The molecule has 8 heteroatoms. The third-order valence-electron chi connectivity index (χ3n) is 5.38. The molecule has 4 aromatic rings. The van der Waals surface area contributed by atoms with Crippen molar-refractivity contribution in [2.24, 2.45) is 5.92 Å². The number of hydrogen-bond donors (Lipinski definition) is 1. The van der Waals surface area contributed by atoms with Gasteiger partial charge in [-0.3, -0.25) is 18.6 Å². The minimum atomic E-state index is -0.0298. The Morgan fingerprint density at radius 3 is 2.65 bits per heavy atom. The van der Waals surface area contributed by atoms with E-state index in [4.69, 9.17) is 0 Å². The maximum atomic E-state index is 12.9. The average Bonchev–Trinajstić information content (AvgIpc) is 3.41. The van der Waals surface area contributed by atoms with E-state index in [0.717, 1.165) is 5.52 Å². The summed E-state index contributed by atoms with van der Waals surface area (Å²) in [6, 6.07) is 12.1. The summed E-state index contributed by atoms with van der Waals surface area (Å²) >= 11 is 1.43. The van der Waals surface area contributed by atoms with Crippen molar-refractivity contribution in [1.29, 1.82) is 0 Å². The molecule has 31 heavy (non-hydrogen) atoms. The van der Waals surface area contributed by atoms with Crippen LogP contribution in [-0.4, -0.2) is 31.6 Å². The van der Waals surface area contributed by atoms with E-state index in [2.05, 4.69) is 48.4 Å². The summed E-state index contributed by atoms with van der Waals surface area (Å²) in [6.45, 7) is 7.40. The predicted octanol–water partition coefficient (Wildman–Crippen LogP) is 3.61. The van der Waals surface area contributed by atoms with Gasteiger partial charge in [0.25, 0.3) is 5.56 Å². The molecule has 0 bridgehead atoms. The molecule has 0 aliphatic heterocycles. The first-order valence-corrected chi connectivity index (χ1v) is 11.5. The molecule has 4 rings (SSSR count). The van der Waals surface area contributed by atoms with Gasteiger partial charge in [0.15, 0.2) is 0 Å². The van der Waals surface area contributed by atoms with Crippen LogP contribution in [0.5, 0.6) is 0 Å². The Bertz CT molecular complexity index is 1260. The third kappa shape index (κ3) is 4.39. The first kappa shape index (κ1) is 21.2. The number of carbonyl (C=O) groups is 1. The number of fused-ring (bicyclic) bond motifs is 3. The molecule has 1 atom stereocenters. The van der Waals surface area contributed by atoms with E-state index in [1.165, 1.54) is 16.9 Å². The van der Waals surface area contributed by atoms with Crippen molar-refractivity contribution in [3.05, 3.63) is 63.5 Å². The molecule has 1 N–H and O–H groups in total. The van der Waals surface area contributed by atoms with Crippen molar-refractivity contribution in [3.8, 4) is 0 Å². The molecule has 0 saturated carbocycles. The molecule has 3 aromatic heterocycles. The Morgan fingerprint density at radius 2 is 1.90 bits per heavy atom. The molecule has 0 aliphatic carbocycles. The molecule has 1 aromatic carbocycles. The van der Waals surface area contributed by atoms with Crippen molar-refractivity contribution < 1.29 is 4.79 Å². The van der Waals surface area contributed by atoms with Gasteiger partial charge in [0.2, 0.25) is 11.7 Å². The van der Waals surface area contributed by atoms with Gasteiger partial charge < -0.3 is 5.32 Å². The first-order chi connectivity index (χ1) is 15.0. The quantitative estimate of drug-likeness (QED) is 0.457. The average molecular weight is 438 g/mol. The van der Waals surface area contributed by atoms with E-state index < -0.39 is 0 Å². The van der Waals surface area contributed by atoms with Crippen molar-refractivity contribution in [1.82, 2.24) is 24.5 Å². The fraction of sp³-hybridized carbons (Fsp3) is 0.391. The maximum absolute atomic E-state index is 12.9. The number of nitrogens with zero attached hydrogens (tertiary/aromatic N) is 4. The molecule has 3 heterocycles. The lowest BCUT2D eigenvalue weighted by molar-refractivity contribution is -0.121. The normalized spacial score (nSPS) is 12.6. The van der Waals surface area contributed by atoms with Crippen LogP contribution >= 0.6 is 11.3 Å².